The second-order valence-electron chi connectivity index (χ2n) is 3.25. The van der Waals surface area contributed by atoms with E-state index in [-0.39, 0.29) is 19.1 Å². The molecule has 0 aliphatic heterocycles. The highest BCUT2D eigenvalue weighted by Crippen LogP contribution is 2.08. The number of amides is 1. The molecule has 0 atom stereocenters. The Morgan fingerprint density at radius 1 is 1.50 bits per heavy atom. The molecule has 0 saturated carbocycles. The molecule has 0 saturated heterocycles. The van der Waals surface area contributed by atoms with Crippen LogP contribution >= 0.6 is 11.8 Å². The van der Waals surface area contributed by atoms with Gasteiger partial charge in [-0.25, -0.2) is 0 Å². The Balaban J connectivity index is 3.80. The summed E-state index contributed by atoms with van der Waals surface area (Å²) in [5, 5.41) is 20.4. The highest BCUT2D eigenvalue weighted by atomic mass is 32.2. The van der Waals surface area contributed by atoms with E-state index in [1.54, 1.807) is 18.7 Å². The number of aliphatic hydroxyl groups is 2. The molecular weight excluding hydrogens is 202 g/mol. The van der Waals surface area contributed by atoms with Gasteiger partial charge in [-0.15, -0.1) is 0 Å². The van der Waals surface area contributed by atoms with E-state index in [1.165, 1.54) is 0 Å². The summed E-state index contributed by atoms with van der Waals surface area (Å²) in [6, 6.07) is 0. The number of hydrogen-bond donors (Lipinski definition) is 3. The molecule has 0 aromatic rings. The summed E-state index contributed by atoms with van der Waals surface area (Å²) in [5.74, 6) is 2.56. The van der Waals surface area contributed by atoms with Crippen LogP contribution in [-0.2, 0) is 4.79 Å². The SMILES string of the molecule is CCS[CH]CC(=O)NC(C)(CO)CO. The van der Waals surface area contributed by atoms with Crippen molar-refractivity contribution in [3.63, 3.8) is 0 Å². The van der Waals surface area contributed by atoms with Crippen molar-refractivity contribution in [2.24, 2.45) is 0 Å². The van der Waals surface area contributed by atoms with Gasteiger partial charge in [-0.1, -0.05) is 6.92 Å². The van der Waals surface area contributed by atoms with E-state index in [0.29, 0.717) is 6.42 Å². The molecule has 0 fully saturated rings. The van der Waals surface area contributed by atoms with E-state index < -0.39 is 5.54 Å². The Kier molecular flexibility index (Phi) is 6.96. The van der Waals surface area contributed by atoms with Crippen molar-refractivity contribution in [3.05, 3.63) is 5.75 Å². The minimum absolute atomic E-state index is 0.184. The van der Waals surface area contributed by atoms with Crippen molar-refractivity contribution >= 4 is 17.7 Å². The van der Waals surface area contributed by atoms with Crippen molar-refractivity contribution in [1.29, 1.82) is 0 Å². The minimum Gasteiger partial charge on any atom is -0.394 e. The summed E-state index contributed by atoms with van der Waals surface area (Å²) in [6.45, 7) is 3.06. The van der Waals surface area contributed by atoms with Crippen LogP contribution in [0.5, 0.6) is 0 Å². The predicted molar refractivity (Wildman–Crippen MR) is 57.8 cm³/mol. The van der Waals surface area contributed by atoms with Crippen LogP contribution in [0.4, 0.5) is 0 Å². The first-order chi connectivity index (χ1) is 6.58. The van der Waals surface area contributed by atoms with E-state index in [9.17, 15) is 4.79 Å². The van der Waals surface area contributed by atoms with Crippen LogP contribution in [0.25, 0.3) is 0 Å². The third kappa shape index (κ3) is 5.47. The van der Waals surface area contributed by atoms with Gasteiger partial charge < -0.3 is 15.5 Å². The van der Waals surface area contributed by atoms with Crippen molar-refractivity contribution < 1.29 is 15.0 Å². The molecule has 0 aliphatic carbocycles. The molecule has 0 spiro atoms. The fourth-order valence-corrected chi connectivity index (χ4v) is 1.27. The van der Waals surface area contributed by atoms with E-state index in [2.05, 4.69) is 5.32 Å². The van der Waals surface area contributed by atoms with Gasteiger partial charge in [0.1, 0.15) is 0 Å². The molecule has 3 N–H and O–H groups in total. The monoisotopic (exact) mass is 220 g/mol. The van der Waals surface area contributed by atoms with Crippen molar-refractivity contribution in [3.8, 4) is 0 Å². The van der Waals surface area contributed by atoms with E-state index >= 15 is 0 Å². The second-order valence-corrected chi connectivity index (χ2v) is 4.50. The lowest BCUT2D eigenvalue weighted by Gasteiger charge is -2.26. The maximum absolute atomic E-state index is 11.3. The first kappa shape index (κ1) is 13.7. The Morgan fingerprint density at radius 3 is 2.50 bits per heavy atom. The molecule has 1 radical (unpaired) electrons. The molecule has 0 aromatic heterocycles. The van der Waals surface area contributed by atoms with Gasteiger partial charge in [-0.05, 0) is 12.7 Å². The fourth-order valence-electron chi connectivity index (χ4n) is 0.769. The lowest BCUT2D eigenvalue weighted by molar-refractivity contribution is -0.123. The quantitative estimate of drug-likeness (QED) is 0.534. The minimum atomic E-state index is -0.915. The van der Waals surface area contributed by atoms with Crippen LogP contribution in [-0.4, -0.2) is 40.6 Å². The average Bonchev–Trinajstić information content (AvgIpc) is 2.18. The zero-order chi connectivity index (χ0) is 11.0. The second kappa shape index (κ2) is 7.09. The van der Waals surface area contributed by atoms with E-state index in [0.717, 1.165) is 5.75 Å². The molecule has 14 heavy (non-hydrogen) atoms. The zero-order valence-corrected chi connectivity index (χ0v) is 9.43. The van der Waals surface area contributed by atoms with Gasteiger partial charge in [0.25, 0.3) is 0 Å². The predicted octanol–water partition coefficient (Wildman–Crippen LogP) is 0.151. The maximum atomic E-state index is 11.3. The van der Waals surface area contributed by atoms with Gasteiger partial charge in [0, 0.05) is 12.2 Å². The van der Waals surface area contributed by atoms with Crippen molar-refractivity contribution in [1.82, 2.24) is 5.32 Å². The molecule has 83 valence electrons. The standard InChI is InChI=1S/C9H18NO3S/c1-3-14-5-4-8(13)10-9(2,6-11)7-12/h5,11-12H,3-4,6-7H2,1-2H3,(H,10,13). The van der Waals surface area contributed by atoms with E-state index in [4.69, 9.17) is 10.2 Å². The first-order valence-corrected chi connectivity index (χ1v) is 5.59. The Morgan fingerprint density at radius 2 is 2.07 bits per heavy atom. The molecule has 0 rings (SSSR count). The molecule has 5 heteroatoms. The smallest absolute Gasteiger partial charge is 0.221 e. The van der Waals surface area contributed by atoms with Crippen LogP contribution in [0.15, 0.2) is 0 Å². The Bertz CT molecular complexity index is 171. The average molecular weight is 220 g/mol. The summed E-state index contributed by atoms with van der Waals surface area (Å²) >= 11 is 1.57. The highest BCUT2D eigenvalue weighted by Gasteiger charge is 2.23. The highest BCUT2D eigenvalue weighted by molar-refractivity contribution is 8.01. The summed E-state index contributed by atoms with van der Waals surface area (Å²) in [5.41, 5.74) is -0.915. The van der Waals surface area contributed by atoms with Crippen LogP contribution in [0, 0.1) is 5.75 Å². The number of carbonyl (C=O) groups excluding carboxylic acids is 1. The first-order valence-electron chi connectivity index (χ1n) is 4.54. The third-order valence-electron chi connectivity index (χ3n) is 1.69. The molecular formula is C9H18NO3S. The van der Waals surface area contributed by atoms with Crippen molar-refractivity contribution in [2.45, 2.75) is 25.8 Å². The number of thioether (sulfide) groups is 1. The lowest BCUT2D eigenvalue weighted by Crippen LogP contribution is -2.51. The normalized spacial score (nSPS) is 11.4. The van der Waals surface area contributed by atoms with Gasteiger partial charge in [-0.2, -0.15) is 11.8 Å². The molecule has 4 nitrogen and oxygen atoms in total. The molecule has 0 unspecified atom stereocenters. The van der Waals surface area contributed by atoms with Gasteiger partial charge >= 0.3 is 0 Å². The summed E-state index contributed by atoms with van der Waals surface area (Å²) in [7, 11) is 0. The van der Waals surface area contributed by atoms with E-state index in [1.807, 2.05) is 12.7 Å². The fraction of sp³-hybridized carbons (Fsp3) is 0.778. The summed E-state index contributed by atoms with van der Waals surface area (Å²) in [6.07, 6.45) is 0.300. The molecule has 0 aliphatic rings. The number of rotatable bonds is 7. The van der Waals surface area contributed by atoms with Gasteiger partial charge in [-0.3, -0.25) is 4.79 Å². The van der Waals surface area contributed by atoms with Crippen LogP contribution < -0.4 is 5.32 Å². The summed E-state index contributed by atoms with van der Waals surface area (Å²) < 4.78 is 0. The third-order valence-corrected chi connectivity index (χ3v) is 2.43. The number of nitrogens with one attached hydrogen (secondary N) is 1. The van der Waals surface area contributed by atoms with Gasteiger partial charge in [0.15, 0.2) is 0 Å². The summed E-state index contributed by atoms with van der Waals surface area (Å²) in [4.78, 5) is 11.3. The maximum Gasteiger partial charge on any atom is 0.221 e. The van der Waals surface area contributed by atoms with Crippen LogP contribution in [0.2, 0.25) is 0 Å². The Labute approximate surface area is 89.1 Å². The molecule has 0 aromatic carbocycles. The van der Waals surface area contributed by atoms with Crippen molar-refractivity contribution in [2.75, 3.05) is 19.0 Å². The largest absolute Gasteiger partial charge is 0.394 e. The number of hydrogen-bond acceptors (Lipinski definition) is 4. The zero-order valence-electron chi connectivity index (χ0n) is 8.62. The van der Waals surface area contributed by atoms with Crippen LogP contribution in [0.3, 0.4) is 0 Å². The molecule has 0 heterocycles. The van der Waals surface area contributed by atoms with Gasteiger partial charge in [0.05, 0.1) is 18.8 Å². The van der Waals surface area contributed by atoms with Crippen LogP contribution in [0.1, 0.15) is 20.3 Å². The van der Waals surface area contributed by atoms with Gasteiger partial charge in [0.2, 0.25) is 5.91 Å². The lowest BCUT2D eigenvalue weighted by atomic mass is 10.1. The molecule has 0 bridgehead atoms. The number of aliphatic hydroxyl groups excluding tert-OH is 2. The molecule has 1 amide bonds. The number of carbonyl (C=O) groups is 1. The Hall–Kier alpha value is -0.260. The topological polar surface area (TPSA) is 69.6 Å².